The summed E-state index contributed by atoms with van der Waals surface area (Å²) < 4.78 is 10.7. The van der Waals surface area contributed by atoms with E-state index in [-0.39, 0.29) is 11.8 Å². The van der Waals surface area contributed by atoms with Crippen LogP contribution in [0.3, 0.4) is 0 Å². The summed E-state index contributed by atoms with van der Waals surface area (Å²) in [4.78, 5) is 21.9. The van der Waals surface area contributed by atoms with Gasteiger partial charge < -0.3 is 24.4 Å². The minimum Gasteiger partial charge on any atom is -0.497 e. The molecule has 2 fully saturated rings. The summed E-state index contributed by atoms with van der Waals surface area (Å²) in [5.74, 6) is 1.60. The van der Waals surface area contributed by atoms with Gasteiger partial charge in [-0.1, -0.05) is 18.5 Å². The van der Waals surface area contributed by atoms with Gasteiger partial charge in [0.25, 0.3) is 0 Å². The van der Waals surface area contributed by atoms with Gasteiger partial charge in [0.1, 0.15) is 5.75 Å². The number of ether oxygens (including phenoxy) is 1. The van der Waals surface area contributed by atoms with Crippen molar-refractivity contribution in [2.24, 2.45) is 5.92 Å². The van der Waals surface area contributed by atoms with Gasteiger partial charge in [0.15, 0.2) is 0 Å². The van der Waals surface area contributed by atoms with Gasteiger partial charge in [-0.3, -0.25) is 4.79 Å². The number of nitrogens with one attached hydrogen (secondary N) is 1. The van der Waals surface area contributed by atoms with Crippen LogP contribution >= 0.6 is 0 Å². The van der Waals surface area contributed by atoms with E-state index >= 15 is 0 Å². The Labute approximate surface area is 196 Å². The molecule has 2 aliphatic heterocycles. The highest BCUT2D eigenvalue weighted by Gasteiger charge is 2.27. The fourth-order valence-corrected chi connectivity index (χ4v) is 4.99. The van der Waals surface area contributed by atoms with Crippen molar-refractivity contribution in [3.05, 3.63) is 24.3 Å². The fourth-order valence-electron chi connectivity index (χ4n) is 4.99. The Kier molecular flexibility index (Phi) is 8.20. The molecule has 180 valence electrons. The number of likely N-dealkylation sites (tertiary alicyclic amines) is 1. The molecule has 0 radical (unpaired) electrons. The molecule has 8 nitrogen and oxygen atoms in total. The molecule has 3 heterocycles. The average molecular weight is 456 g/mol. The number of nitrogens with zero attached hydrogens (tertiary/aromatic N) is 4. The number of hydrogen-bond acceptors (Lipinski definition) is 7. The molecule has 8 heteroatoms. The summed E-state index contributed by atoms with van der Waals surface area (Å²) in [7, 11) is 1.64. The maximum Gasteiger partial charge on any atom is 0.324 e. The number of methoxy groups -OCH3 is 1. The third kappa shape index (κ3) is 6.05. The van der Waals surface area contributed by atoms with E-state index in [0.29, 0.717) is 11.8 Å². The maximum atomic E-state index is 12.6. The van der Waals surface area contributed by atoms with Crippen molar-refractivity contribution in [2.45, 2.75) is 57.9 Å². The first-order valence-electron chi connectivity index (χ1n) is 12.4. The summed E-state index contributed by atoms with van der Waals surface area (Å²) >= 11 is 0. The number of piperidine rings is 2. The Balaban J connectivity index is 1.19. The van der Waals surface area contributed by atoms with Crippen LogP contribution < -0.4 is 15.0 Å². The zero-order valence-electron chi connectivity index (χ0n) is 20.0. The number of benzene rings is 1. The molecule has 2 aromatic rings. The standard InChI is InChI=1S/C25H37N5O3/c1-3-21-7-4-5-15-29(21)16-6-14-26-24(31)20-12-17-30(18-13-20)25-27-23(28-33-25)19-8-10-22(32-2)11-9-19/h8-11,20-21H,3-7,12-18H2,1-2H3,(H,26,31)/t21-/m1/s1. The first kappa shape index (κ1) is 23.5. The van der Waals surface area contributed by atoms with Crippen molar-refractivity contribution in [1.29, 1.82) is 0 Å². The summed E-state index contributed by atoms with van der Waals surface area (Å²) in [5, 5.41) is 7.29. The Morgan fingerprint density at radius 1 is 1.15 bits per heavy atom. The van der Waals surface area contributed by atoms with Crippen LogP contribution in [0.2, 0.25) is 0 Å². The number of rotatable bonds is 9. The van der Waals surface area contributed by atoms with Crippen molar-refractivity contribution in [3.8, 4) is 17.1 Å². The van der Waals surface area contributed by atoms with E-state index < -0.39 is 0 Å². The highest BCUT2D eigenvalue weighted by molar-refractivity contribution is 5.78. The number of carbonyl (C=O) groups is 1. The Bertz CT molecular complexity index is 876. The fraction of sp³-hybridized carbons (Fsp3) is 0.640. The third-order valence-electron chi connectivity index (χ3n) is 7.04. The third-order valence-corrected chi connectivity index (χ3v) is 7.04. The lowest BCUT2D eigenvalue weighted by Crippen LogP contribution is -2.42. The van der Waals surface area contributed by atoms with Gasteiger partial charge in [-0.05, 0) is 69.3 Å². The molecule has 0 saturated carbocycles. The molecule has 1 atom stereocenters. The topological polar surface area (TPSA) is 83.7 Å². The summed E-state index contributed by atoms with van der Waals surface area (Å²) in [6.07, 6.45) is 7.85. The van der Waals surface area contributed by atoms with Crippen molar-refractivity contribution in [2.75, 3.05) is 44.7 Å². The number of aromatic nitrogens is 2. The molecule has 33 heavy (non-hydrogen) atoms. The summed E-state index contributed by atoms with van der Waals surface area (Å²) in [6, 6.07) is 8.84. The molecule has 1 aromatic heterocycles. The van der Waals surface area contributed by atoms with Crippen LogP contribution in [0, 0.1) is 5.92 Å². The Morgan fingerprint density at radius 3 is 2.67 bits per heavy atom. The van der Waals surface area contributed by atoms with Crippen LogP contribution in [0.25, 0.3) is 11.4 Å². The van der Waals surface area contributed by atoms with E-state index in [2.05, 4.69) is 32.2 Å². The molecule has 0 spiro atoms. The lowest BCUT2D eigenvalue weighted by Gasteiger charge is -2.35. The highest BCUT2D eigenvalue weighted by Crippen LogP contribution is 2.26. The van der Waals surface area contributed by atoms with Crippen LogP contribution in [0.1, 0.15) is 51.9 Å². The van der Waals surface area contributed by atoms with Crippen molar-refractivity contribution in [1.82, 2.24) is 20.4 Å². The van der Waals surface area contributed by atoms with Gasteiger partial charge in [-0.25, -0.2) is 0 Å². The molecule has 1 aromatic carbocycles. The first-order valence-corrected chi connectivity index (χ1v) is 12.4. The quantitative estimate of drug-likeness (QED) is 0.577. The normalized spacial score (nSPS) is 20.1. The summed E-state index contributed by atoms with van der Waals surface area (Å²) in [5.41, 5.74) is 0.884. The van der Waals surface area contributed by atoms with Crippen molar-refractivity contribution < 1.29 is 14.1 Å². The zero-order chi connectivity index (χ0) is 23.0. The number of amides is 1. The molecule has 4 rings (SSSR count). The minimum atomic E-state index is 0.0589. The van der Waals surface area contributed by atoms with E-state index in [0.717, 1.165) is 62.8 Å². The predicted octanol–water partition coefficient (Wildman–Crippen LogP) is 3.73. The largest absolute Gasteiger partial charge is 0.497 e. The van der Waals surface area contributed by atoms with Gasteiger partial charge in [0.05, 0.1) is 7.11 Å². The Morgan fingerprint density at radius 2 is 1.94 bits per heavy atom. The monoisotopic (exact) mass is 455 g/mol. The molecule has 1 N–H and O–H groups in total. The van der Waals surface area contributed by atoms with Crippen LogP contribution in [0.4, 0.5) is 6.01 Å². The Hall–Kier alpha value is -2.61. The summed E-state index contributed by atoms with van der Waals surface area (Å²) in [6.45, 7) is 6.83. The smallest absolute Gasteiger partial charge is 0.324 e. The van der Waals surface area contributed by atoms with E-state index in [1.807, 2.05) is 24.3 Å². The molecule has 2 aliphatic rings. The number of carbonyl (C=O) groups excluding carboxylic acids is 1. The van der Waals surface area contributed by atoms with Gasteiger partial charge >= 0.3 is 6.01 Å². The predicted molar refractivity (Wildman–Crippen MR) is 128 cm³/mol. The number of anilines is 1. The lowest BCUT2D eigenvalue weighted by atomic mass is 9.96. The second kappa shape index (κ2) is 11.5. The van der Waals surface area contributed by atoms with Gasteiger partial charge in [0.2, 0.25) is 11.7 Å². The molecule has 0 unspecified atom stereocenters. The van der Waals surface area contributed by atoms with Crippen LogP contribution in [0.5, 0.6) is 5.75 Å². The molecular weight excluding hydrogens is 418 g/mol. The maximum absolute atomic E-state index is 12.6. The first-order chi connectivity index (χ1) is 16.2. The molecule has 2 saturated heterocycles. The van der Waals surface area contributed by atoms with Gasteiger partial charge in [-0.15, -0.1) is 0 Å². The van der Waals surface area contributed by atoms with E-state index in [1.165, 1.54) is 32.2 Å². The molecule has 0 aliphatic carbocycles. The highest BCUT2D eigenvalue weighted by atomic mass is 16.5. The lowest BCUT2D eigenvalue weighted by molar-refractivity contribution is -0.125. The van der Waals surface area contributed by atoms with E-state index in [4.69, 9.17) is 9.26 Å². The van der Waals surface area contributed by atoms with E-state index in [9.17, 15) is 4.79 Å². The average Bonchev–Trinajstić information content (AvgIpc) is 3.37. The van der Waals surface area contributed by atoms with Crippen molar-refractivity contribution >= 4 is 11.9 Å². The SMILES string of the molecule is CC[C@@H]1CCCCN1CCCNC(=O)C1CCN(c2nc(-c3ccc(OC)cc3)no2)CC1. The van der Waals surface area contributed by atoms with Crippen molar-refractivity contribution in [3.63, 3.8) is 0 Å². The zero-order valence-corrected chi connectivity index (χ0v) is 20.0. The van der Waals surface area contributed by atoms with Gasteiger partial charge in [-0.2, -0.15) is 4.98 Å². The molecule has 0 bridgehead atoms. The molecule has 1 amide bonds. The number of hydrogen-bond donors (Lipinski definition) is 1. The van der Waals surface area contributed by atoms with Crippen LogP contribution in [-0.2, 0) is 4.79 Å². The van der Waals surface area contributed by atoms with Crippen LogP contribution in [-0.4, -0.2) is 66.8 Å². The van der Waals surface area contributed by atoms with E-state index in [1.54, 1.807) is 7.11 Å². The van der Waals surface area contributed by atoms with Crippen LogP contribution in [0.15, 0.2) is 28.8 Å². The molecular formula is C25H37N5O3. The second-order valence-electron chi connectivity index (χ2n) is 9.13. The minimum absolute atomic E-state index is 0.0589. The van der Waals surface area contributed by atoms with Gasteiger partial charge in [0, 0.05) is 43.7 Å². The second-order valence-corrected chi connectivity index (χ2v) is 9.13.